The van der Waals surface area contributed by atoms with Crippen LogP contribution in [0.5, 0.6) is 0 Å². The topological polar surface area (TPSA) is 79.5 Å². The van der Waals surface area contributed by atoms with Gasteiger partial charge in [0.05, 0.1) is 16.5 Å². The third kappa shape index (κ3) is 2.97. The molecule has 0 fully saturated rings. The van der Waals surface area contributed by atoms with Crippen LogP contribution in [0.3, 0.4) is 0 Å². The maximum Gasteiger partial charge on any atom is 0.287 e. The molecule has 0 aliphatic rings. The van der Waals surface area contributed by atoms with Gasteiger partial charge >= 0.3 is 0 Å². The average Bonchev–Trinajstić information content (AvgIpc) is 2.36. The summed E-state index contributed by atoms with van der Waals surface area (Å²) in [5, 5.41) is 13.2. The monoisotopic (exact) mass is 289 g/mol. The molecule has 2 aromatic rings. The van der Waals surface area contributed by atoms with Crippen molar-refractivity contribution in [1.82, 2.24) is 5.32 Å². The summed E-state index contributed by atoms with van der Waals surface area (Å²) in [7, 11) is 0. The van der Waals surface area contributed by atoms with Crippen molar-refractivity contribution >= 4 is 16.9 Å². The van der Waals surface area contributed by atoms with Gasteiger partial charge in [0.25, 0.3) is 5.91 Å². The molecule has 0 unspecified atom stereocenters. The van der Waals surface area contributed by atoms with Gasteiger partial charge in [-0.2, -0.15) is 0 Å². The quantitative estimate of drug-likeness (QED) is 0.906. The predicted octanol–water partition coefficient (Wildman–Crippen LogP) is 2.07. The van der Waals surface area contributed by atoms with Crippen LogP contribution >= 0.6 is 0 Å². The molecule has 5 heteroatoms. The van der Waals surface area contributed by atoms with Gasteiger partial charge in [-0.15, -0.1) is 0 Å². The molecule has 2 rings (SSSR count). The summed E-state index contributed by atoms with van der Waals surface area (Å²) in [6.07, 6.45) is 0. The summed E-state index contributed by atoms with van der Waals surface area (Å²) >= 11 is 0. The normalized spacial score (nSPS) is 12.4. The highest BCUT2D eigenvalue weighted by Crippen LogP contribution is 2.21. The van der Waals surface area contributed by atoms with E-state index in [1.807, 2.05) is 0 Å². The molecule has 0 atom stereocenters. The van der Waals surface area contributed by atoms with Gasteiger partial charge in [0, 0.05) is 6.07 Å². The van der Waals surface area contributed by atoms with Gasteiger partial charge in [-0.3, -0.25) is 9.59 Å². The second-order valence-corrected chi connectivity index (χ2v) is 6.11. The van der Waals surface area contributed by atoms with E-state index in [-0.39, 0.29) is 11.2 Å². The number of carbonyl (C=O) groups excluding carboxylic acids is 1. The number of hydrogen-bond acceptors (Lipinski definition) is 4. The lowest BCUT2D eigenvalue weighted by atomic mass is 9.86. The highest BCUT2D eigenvalue weighted by Gasteiger charge is 2.37. The third-order valence-corrected chi connectivity index (χ3v) is 3.81. The predicted molar refractivity (Wildman–Crippen MR) is 80.3 cm³/mol. The Morgan fingerprint density at radius 2 is 1.81 bits per heavy atom. The number of amides is 1. The Kier molecular flexibility index (Phi) is 3.63. The first-order valence-electron chi connectivity index (χ1n) is 6.69. The van der Waals surface area contributed by atoms with Crippen molar-refractivity contribution in [2.45, 2.75) is 38.8 Å². The number of para-hydroxylation sites is 1. The fourth-order valence-corrected chi connectivity index (χ4v) is 1.71. The van der Waals surface area contributed by atoms with Gasteiger partial charge in [0.2, 0.25) is 0 Å². The first-order chi connectivity index (χ1) is 9.62. The van der Waals surface area contributed by atoms with Crippen molar-refractivity contribution in [3.05, 3.63) is 46.3 Å². The minimum atomic E-state index is -1.13. The standard InChI is InChI=1S/C16H19NO4/c1-15(2,16(3,4)20)17-14(19)13-9-11(18)10-7-5-6-8-12(10)21-13/h5-9,20H,1-4H3,(H,17,19). The van der Waals surface area contributed by atoms with Crippen molar-refractivity contribution in [1.29, 1.82) is 0 Å². The summed E-state index contributed by atoms with van der Waals surface area (Å²) in [6, 6.07) is 7.90. The number of hydrogen-bond donors (Lipinski definition) is 2. The van der Waals surface area contributed by atoms with Gasteiger partial charge in [0.1, 0.15) is 5.58 Å². The fourth-order valence-electron chi connectivity index (χ4n) is 1.71. The second kappa shape index (κ2) is 5.00. The molecule has 21 heavy (non-hydrogen) atoms. The molecule has 1 heterocycles. The molecule has 0 saturated carbocycles. The lowest BCUT2D eigenvalue weighted by molar-refractivity contribution is -0.00340. The Labute approximate surface area is 122 Å². The van der Waals surface area contributed by atoms with E-state index in [1.54, 1.807) is 52.0 Å². The Morgan fingerprint density at radius 1 is 1.19 bits per heavy atom. The zero-order valence-electron chi connectivity index (χ0n) is 12.6. The fraction of sp³-hybridized carbons (Fsp3) is 0.375. The molecule has 0 bridgehead atoms. The molecule has 5 nitrogen and oxygen atoms in total. The molecule has 112 valence electrons. The van der Waals surface area contributed by atoms with E-state index >= 15 is 0 Å². The molecule has 1 amide bonds. The molecular weight excluding hydrogens is 270 g/mol. The summed E-state index contributed by atoms with van der Waals surface area (Å²) in [4.78, 5) is 24.2. The maximum atomic E-state index is 12.2. The molecular formula is C16H19NO4. The van der Waals surface area contributed by atoms with Gasteiger partial charge in [-0.25, -0.2) is 0 Å². The molecule has 0 radical (unpaired) electrons. The van der Waals surface area contributed by atoms with Gasteiger partial charge in [-0.05, 0) is 39.8 Å². The first-order valence-corrected chi connectivity index (χ1v) is 6.69. The van der Waals surface area contributed by atoms with Crippen molar-refractivity contribution in [2.75, 3.05) is 0 Å². The smallest absolute Gasteiger partial charge is 0.287 e. The van der Waals surface area contributed by atoms with Crippen LogP contribution in [-0.4, -0.2) is 22.2 Å². The highest BCUT2D eigenvalue weighted by atomic mass is 16.3. The van der Waals surface area contributed by atoms with Crippen LogP contribution in [0.15, 0.2) is 39.5 Å². The lowest BCUT2D eigenvalue weighted by Gasteiger charge is -2.37. The Hall–Kier alpha value is -2.14. The molecule has 1 aromatic carbocycles. The first kappa shape index (κ1) is 15.3. The largest absolute Gasteiger partial charge is 0.451 e. The van der Waals surface area contributed by atoms with Crippen LogP contribution in [0.25, 0.3) is 11.0 Å². The average molecular weight is 289 g/mol. The molecule has 0 aliphatic heterocycles. The van der Waals surface area contributed by atoms with Crippen LogP contribution in [0.2, 0.25) is 0 Å². The van der Waals surface area contributed by atoms with Crippen LogP contribution in [0, 0.1) is 0 Å². The van der Waals surface area contributed by atoms with Crippen LogP contribution in [0.1, 0.15) is 38.2 Å². The number of nitrogens with one attached hydrogen (secondary N) is 1. The lowest BCUT2D eigenvalue weighted by Crippen LogP contribution is -2.57. The third-order valence-electron chi connectivity index (χ3n) is 3.81. The Balaban J connectivity index is 2.39. The minimum absolute atomic E-state index is 0.0731. The van der Waals surface area contributed by atoms with E-state index in [9.17, 15) is 14.7 Å². The van der Waals surface area contributed by atoms with E-state index in [0.29, 0.717) is 11.0 Å². The second-order valence-electron chi connectivity index (χ2n) is 6.11. The number of aliphatic hydroxyl groups is 1. The van der Waals surface area contributed by atoms with E-state index in [1.165, 1.54) is 0 Å². The van der Waals surface area contributed by atoms with Crippen molar-refractivity contribution in [3.8, 4) is 0 Å². The van der Waals surface area contributed by atoms with E-state index in [2.05, 4.69) is 5.32 Å². The summed E-state index contributed by atoms with van der Waals surface area (Å²) in [5.74, 6) is -0.610. The Morgan fingerprint density at radius 3 is 2.43 bits per heavy atom. The number of benzene rings is 1. The van der Waals surface area contributed by atoms with Crippen molar-refractivity contribution in [3.63, 3.8) is 0 Å². The highest BCUT2D eigenvalue weighted by molar-refractivity contribution is 5.93. The van der Waals surface area contributed by atoms with Gasteiger partial charge < -0.3 is 14.8 Å². The number of fused-ring (bicyclic) bond motifs is 1. The summed E-state index contributed by atoms with van der Waals surface area (Å²) in [5.41, 5.74) is -1.92. The molecule has 0 aliphatic carbocycles. The van der Waals surface area contributed by atoms with Crippen LogP contribution in [-0.2, 0) is 0 Å². The minimum Gasteiger partial charge on any atom is -0.451 e. The summed E-state index contributed by atoms with van der Waals surface area (Å²) in [6.45, 7) is 6.60. The molecule has 2 N–H and O–H groups in total. The molecule has 0 spiro atoms. The molecule has 0 saturated heterocycles. The van der Waals surface area contributed by atoms with Gasteiger partial charge in [-0.1, -0.05) is 12.1 Å². The SMILES string of the molecule is CC(C)(O)C(C)(C)NC(=O)c1cc(=O)c2ccccc2o1. The maximum absolute atomic E-state index is 12.2. The van der Waals surface area contributed by atoms with Crippen molar-refractivity contribution in [2.24, 2.45) is 0 Å². The Bertz CT molecular complexity index is 738. The van der Waals surface area contributed by atoms with E-state index in [0.717, 1.165) is 6.07 Å². The zero-order valence-corrected chi connectivity index (χ0v) is 12.6. The summed E-state index contributed by atoms with van der Waals surface area (Å²) < 4.78 is 5.47. The molecule has 1 aromatic heterocycles. The van der Waals surface area contributed by atoms with Gasteiger partial charge in [0.15, 0.2) is 11.2 Å². The van der Waals surface area contributed by atoms with Crippen LogP contribution in [0.4, 0.5) is 0 Å². The zero-order chi connectivity index (χ0) is 15.8. The number of carbonyl (C=O) groups is 1. The van der Waals surface area contributed by atoms with E-state index in [4.69, 9.17) is 4.42 Å². The van der Waals surface area contributed by atoms with Crippen molar-refractivity contribution < 1.29 is 14.3 Å². The van der Waals surface area contributed by atoms with E-state index < -0.39 is 17.0 Å². The number of rotatable bonds is 3. The van der Waals surface area contributed by atoms with Crippen LogP contribution < -0.4 is 10.7 Å².